The maximum Gasteiger partial charge on any atom is 0.253 e. The highest BCUT2D eigenvalue weighted by Crippen LogP contribution is 2.40. The molecule has 2 fully saturated rings. The fraction of sp³-hybridized carbons (Fsp3) is 0.391. The summed E-state index contributed by atoms with van der Waals surface area (Å²) in [5, 5.41) is 4.04. The number of rotatable bonds is 4. The molecule has 1 aliphatic heterocycles. The van der Waals surface area contributed by atoms with Crippen LogP contribution in [0.2, 0.25) is 0 Å². The molecule has 2 aliphatic rings. The van der Waals surface area contributed by atoms with Crippen LogP contribution in [-0.4, -0.2) is 39.0 Å². The van der Waals surface area contributed by atoms with E-state index >= 15 is 0 Å². The van der Waals surface area contributed by atoms with Crippen LogP contribution in [0.1, 0.15) is 65.1 Å². The Morgan fingerprint density at radius 3 is 2.69 bits per heavy atom. The van der Waals surface area contributed by atoms with Gasteiger partial charge in [0.2, 0.25) is 0 Å². The fourth-order valence-corrected chi connectivity index (χ4v) is 4.09. The van der Waals surface area contributed by atoms with E-state index in [1.807, 2.05) is 54.4 Å². The van der Waals surface area contributed by atoms with E-state index in [2.05, 4.69) is 10.1 Å². The van der Waals surface area contributed by atoms with Crippen molar-refractivity contribution >= 4 is 5.91 Å². The Hall–Kier alpha value is -3.02. The summed E-state index contributed by atoms with van der Waals surface area (Å²) in [4.78, 5) is 24.5. The first-order valence-electron chi connectivity index (χ1n) is 10.3. The average molecular weight is 388 g/mol. The van der Waals surface area contributed by atoms with Crippen LogP contribution in [0.15, 0.2) is 47.1 Å². The zero-order valence-electron chi connectivity index (χ0n) is 16.5. The van der Waals surface area contributed by atoms with E-state index in [1.54, 1.807) is 0 Å². The highest BCUT2D eigenvalue weighted by molar-refractivity contribution is 5.94. The van der Waals surface area contributed by atoms with Crippen molar-refractivity contribution in [3.05, 3.63) is 65.4 Å². The number of aromatic nitrogens is 3. The van der Waals surface area contributed by atoms with Gasteiger partial charge in [0.05, 0.1) is 17.0 Å². The molecule has 1 saturated carbocycles. The molecule has 6 heteroatoms. The second-order valence-electron chi connectivity index (χ2n) is 8.09. The predicted molar refractivity (Wildman–Crippen MR) is 109 cm³/mol. The van der Waals surface area contributed by atoms with Crippen molar-refractivity contribution in [2.75, 3.05) is 13.1 Å². The Labute approximate surface area is 170 Å². The normalized spacial score (nSPS) is 19.3. The minimum absolute atomic E-state index is 0.0869. The first-order valence-corrected chi connectivity index (χ1v) is 10.3. The number of likely N-dealkylation sites (tertiary alicyclic amines) is 1. The third-order valence-corrected chi connectivity index (χ3v) is 5.79. The van der Waals surface area contributed by atoms with Crippen molar-refractivity contribution in [1.82, 2.24) is 20.0 Å². The molecule has 0 bridgehead atoms. The van der Waals surface area contributed by atoms with Gasteiger partial charge in [-0.1, -0.05) is 23.4 Å². The number of hydrogen-bond acceptors (Lipinski definition) is 5. The summed E-state index contributed by atoms with van der Waals surface area (Å²) >= 11 is 0. The molecule has 3 heterocycles. The zero-order chi connectivity index (χ0) is 19.8. The lowest BCUT2D eigenvalue weighted by Gasteiger charge is -2.33. The molecule has 0 spiro atoms. The van der Waals surface area contributed by atoms with E-state index in [0.717, 1.165) is 60.6 Å². The summed E-state index contributed by atoms with van der Waals surface area (Å²) in [6, 6.07) is 11.4. The average Bonchev–Trinajstić information content (AvgIpc) is 3.54. The molecule has 3 aromatic rings. The van der Waals surface area contributed by atoms with E-state index in [1.165, 1.54) is 0 Å². The van der Waals surface area contributed by atoms with Crippen molar-refractivity contribution < 1.29 is 9.32 Å². The molecule has 1 unspecified atom stereocenters. The zero-order valence-corrected chi connectivity index (χ0v) is 16.5. The first-order chi connectivity index (χ1) is 14.2. The molecule has 1 saturated heterocycles. The van der Waals surface area contributed by atoms with Crippen molar-refractivity contribution in [2.45, 2.75) is 44.4 Å². The van der Waals surface area contributed by atoms with Crippen LogP contribution in [0, 0.1) is 6.92 Å². The molecule has 1 atom stereocenters. The molecule has 148 valence electrons. The van der Waals surface area contributed by atoms with Gasteiger partial charge in [-0.15, -0.1) is 0 Å². The van der Waals surface area contributed by atoms with Gasteiger partial charge in [-0.3, -0.25) is 4.79 Å². The molecular formula is C23H24N4O2. The second-order valence-corrected chi connectivity index (χ2v) is 8.09. The largest absolute Gasteiger partial charge is 0.356 e. The van der Waals surface area contributed by atoms with Crippen LogP contribution in [0.4, 0.5) is 0 Å². The summed E-state index contributed by atoms with van der Waals surface area (Å²) in [6.45, 7) is 3.35. The van der Waals surface area contributed by atoms with E-state index < -0.39 is 0 Å². The lowest BCUT2D eigenvalue weighted by molar-refractivity contribution is 0.0706. The highest BCUT2D eigenvalue weighted by Gasteiger charge is 2.32. The number of nitrogens with zero attached hydrogens (tertiary/aromatic N) is 4. The quantitative estimate of drug-likeness (QED) is 0.665. The van der Waals surface area contributed by atoms with Crippen LogP contribution < -0.4 is 0 Å². The van der Waals surface area contributed by atoms with E-state index in [9.17, 15) is 4.79 Å². The van der Waals surface area contributed by atoms with Gasteiger partial charge in [0.25, 0.3) is 5.91 Å². The number of benzene rings is 1. The Kier molecular flexibility index (Phi) is 4.62. The number of aryl methyl sites for hydroxylation is 1. The third-order valence-electron chi connectivity index (χ3n) is 5.79. The third kappa shape index (κ3) is 3.67. The monoisotopic (exact) mass is 388 g/mol. The smallest absolute Gasteiger partial charge is 0.253 e. The Morgan fingerprint density at radius 1 is 1.14 bits per heavy atom. The molecule has 1 aromatic carbocycles. The fourth-order valence-electron chi connectivity index (χ4n) is 4.09. The van der Waals surface area contributed by atoms with Gasteiger partial charge >= 0.3 is 0 Å². The summed E-state index contributed by atoms with van der Waals surface area (Å²) in [5.41, 5.74) is 3.46. The van der Waals surface area contributed by atoms with Gasteiger partial charge < -0.3 is 9.42 Å². The molecule has 2 aromatic heterocycles. The van der Waals surface area contributed by atoms with Gasteiger partial charge in [-0.05, 0) is 44.7 Å². The summed E-state index contributed by atoms with van der Waals surface area (Å²) in [6.07, 6.45) is 6.15. The van der Waals surface area contributed by atoms with Gasteiger partial charge in [-0.2, -0.15) is 0 Å². The van der Waals surface area contributed by atoms with Crippen molar-refractivity contribution in [2.24, 2.45) is 0 Å². The van der Waals surface area contributed by atoms with Crippen molar-refractivity contribution in [3.8, 4) is 11.3 Å². The maximum atomic E-state index is 13.0. The second kappa shape index (κ2) is 7.43. The number of amides is 1. The van der Waals surface area contributed by atoms with Gasteiger partial charge in [0, 0.05) is 42.8 Å². The maximum absolute atomic E-state index is 13.0. The number of piperidine rings is 1. The van der Waals surface area contributed by atoms with Gasteiger partial charge in [0.1, 0.15) is 5.82 Å². The lowest BCUT2D eigenvalue weighted by atomic mass is 9.90. The lowest BCUT2D eigenvalue weighted by Crippen LogP contribution is -2.39. The predicted octanol–water partition coefficient (Wildman–Crippen LogP) is 4.34. The summed E-state index contributed by atoms with van der Waals surface area (Å²) in [7, 11) is 0. The molecule has 1 amide bonds. The van der Waals surface area contributed by atoms with Crippen LogP contribution in [0.5, 0.6) is 0 Å². The molecule has 5 rings (SSSR count). The molecule has 0 radical (unpaired) electrons. The summed E-state index contributed by atoms with van der Waals surface area (Å²) < 4.78 is 5.53. The van der Waals surface area contributed by atoms with Crippen LogP contribution in [-0.2, 0) is 0 Å². The molecule has 6 nitrogen and oxygen atoms in total. The topological polar surface area (TPSA) is 72.1 Å². The van der Waals surface area contributed by atoms with Crippen molar-refractivity contribution in [3.63, 3.8) is 0 Å². The Morgan fingerprint density at radius 2 is 1.97 bits per heavy atom. The minimum atomic E-state index is 0.0869. The van der Waals surface area contributed by atoms with Crippen LogP contribution in [0.25, 0.3) is 11.3 Å². The molecule has 1 aliphatic carbocycles. The molecular weight excluding hydrogens is 364 g/mol. The highest BCUT2D eigenvalue weighted by atomic mass is 16.5. The molecule has 29 heavy (non-hydrogen) atoms. The first kappa shape index (κ1) is 18.0. The summed E-state index contributed by atoms with van der Waals surface area (Å²) in [5.74, 6) is 2.35. The van der Waals surface area contributed by atoms with Gasteiger partial charge in [-0.25, -0.2) is 9.97 Å². The van der Waals surface area contributed by atoms with E-state index in [-0.39, 0.29) is 11.8 Å². The Bertz CT molecular complexity index is 1030. The van der Waals surface area contributed by atoms with Crippen LogP contribution >= 0.6 is 0 Å². The SMILES string of the molecule is Cc1cc(-c2cnc(C3CC3)nc2C2CCCN(C(=O)c3ccccc3)C2)on1. The van der Waals surface area contributed by atoms with Crippen molar-refractivity contribution in [1.29, 1.82) is 0 Å². The molecule has 0 N–H and O–H groups in total. The standard InChI is InChI=1S/C23H24N4O2/c1-15-12-20(29-26-15)19-13-24-22(16-9-10-16)25-21(19)18-8-5-11-27(14-18)23(28)17-6-3-2-4-7-17/h2-4,6-7,12-13,16,18H,5,8-11,14H2,1H3. The van der Waals surface area contributed by atoms with E-state index in [0.29, 0.717) is 18.2 Å². The number of carbonyl (C=O) groups is 1. The Balaban J connectivity index is 1.47. The number of hydrogen-bond donors (Lipinski definition) is 0. The van der Waals surface area contributed by atoms with Crippen LogP contribution in [0.3, 0.4) is 0 Å². The van der Waals surface area contributed by atoms with Gasteiger partial charge in [0.15, 0.2) is 5.76 Å². The number of carbonyl (C=O) groups excluding carboxylic acids is 1. The van der Waals surface area contributed by atoms with E-state index in [4.69, 9.17) is 9.51 Å². The minimum Gasteiger partial charge on any atom is -0.356 e.